The van der Waals surface area contributed by atoms with Gasteiger partial charge < -0.3 is 9.64 Å². The number of ether oxygens (including phenoxy) is 1. The fourth-order valence-corrected chi connectivity index (χ4v) is 11.8. The van der Waals surface area contributed by atoms with E-state index in [9.17, 15) is 28.1 Å². The maximum absolute atomic E-state index is 15.8. The number of nitrogens with zero attached hydrogens (tertiary/aromatic N) is 9. The second-order valence-corrected chi connectivity index (χ2v) is 20.3. The first-order valence-electron chi connectivity index (χ1n) is 22.0. The number of nitrogens with one attached hydrogen (secondary N) is 2. The van der Waals surface area contributed by atoms with Gasteiger partial charge in [-0.1, -0.05) is 6.92 Å². The number of aromatic nitrogens is 4. The summed E-state index contributed by atoms with van der Waals surface area (Å²) in [6.45, 7) is 5.49. The number of nitriles is 1. The molecular formula is C45H49F2N11O6S. The predicted molar refractivity (Wildman–Crippen MR) is 238 cm³/mol. The zero-order chi connectivity index (χ0) is 45.6. The number of urea groups is 1. The standard InChI is InChI=1S/C45H49F2N11O6S/c1-4-53(2)65(62,63)52-36-8-6-33(46)40(32(36)24-48)64-29-5-7-35-30(17-29)42(60)58(26-49-35)28-22-45(23-28)12-16-56(25-45)27-20-44(21-27)10-14-55(15-11-44)38-19-37-31(18-34(38)47)41(51-54(37)3)57-13-9-39(59)50-43(57)61/h5-8,17-19,26-28,52H,4,9-16,20-23,25H2,1-3H3,(H,50,59,61). The zero-order valence-electron chi connectivity index (χ0n) is 36.3. The van der Waals surface area contributed by atoms with Gasteiger partial charge in [-0.05, 0) is 105 Å². The van der Waals surface area contributed by atoms with Gasteiger partial charge in [0.25, 0.3) is 5.56 Å². The molecule has 5 aromatic rings. The maximum Gasteiger partial charge on any atom is 0.329 e. The Bertz CT molecular complexity index is 3000. The predicted octanol–water partition coefficient (Wildman–Crippen LogP) is 5.76. The van der Waals surface area contributed by atoms with Crippen LogP contribution in [0.4, 0.5) is 30.8 Å². The SMILES string of the molecule is CCN(C)S(=O)(=O)Nc1ccc(F)c(Oc2ccc3ncn(C4CC5(CCN(C6CC7(CCN(c8cc9c(cc8F)c(N8CCC(=O)NC8=O)nn9C)CC7)C6)C5)C4)c(=O)c3c2)c1C#N. The van der Waals surface area contributed by atoms with Crippen LogP contribution in [-0.4, -0.2) is 101 Å². The van der Waals surface area contributed by atoms with Gasteiger partial charge in [0.2, 0.25) is 5.91 Å². The van der Waals surface area contributed by atoms with E-state index in [1.54, 1.807) is 35.6 Å². The summed E-state index contributed by atoms with van der Waals surface area (Å²) < 4.78 is 68.8. The number of benzene rings is 3. The van der Waals surface area contributed by atoms with Crippen molar-refractivity contribution in [3.05, 3.63) is 76.3 Å². The Morgan fingerprint density at radius 3 is 2.42 bits per heavy atom. The summed E-state index contributed by atoms with van der Waals surface area (Å²) in [5, 5.41) is 17.6. The van der Waals surface area contributed by atoms with E-state index in [1.165, 1.54) is 30.1 Å². The molecule has 340 valence electrons. The van der Waals surface area contributed by atoms with E-state index in [0.717, 1.165) is 87.6 Å². The van der Waals surface area contributed by atoms with Crippen molar-refractivity contribution in [2.45, 2.75) is 70.4 Å². The van der Waals surface area contributed by atoms with Crippen LogP contribution in [0, 0.1) is 33.8 Å². The number of anilines is 3. The fraction of sp³-hybridized carbons (Fsp3) is 0.467. The number of amides is 3. The molecule has 10 rings (SSSR count). The Balaban J connectivity index is 0.757. The lowest BCUT2D eigenvalue weighted by Gasteiger charge is -2.55. The normalized spacial score (nSPS) is 21.0. The topological polar surface area (TPSA) is 191 Å². The van der Waals surface area contributed by atoms with Crippen LogP contribution in [0.2, 0.25) is 0 Å². The highest BCUT2D eigenvalue weighted by atomic mass is 32.2. The Kier molecular flexibility index (Phi) is 10.4. The van der Waals surface area contributed by atoms with Gasteiger partial charge >= 0.3 is 16.2 Å². The number of carbonyl (C=O) groups excluding carboxylic acids is 2. The van der Waals surface area contributed by atoms with Gasteiger partial charge in [-0.3, -0.25) is 38.7 Å². The van der Waals surface area contributed by atoms with Gasteiger partial charge in [-0.15, -0.1) is 0 Å². The quantitative estimate of drug-likeness (QED) is 0.173. The average Bonchev–Trinajstić information content (AvgIpc) is 3.84. The largest absolute Gasteiger partial charge is 0.453 e. The van der Waals surface area contributed by atoms with Crippen molar-refractivity contribution in [2.24, 2.45) is 17.9 Å². The fourth-order valence-electron chi connectivity index (χ4n) is 10.8. The first kappa shape index (κ1) is 42.8. The molecule has 0 unspecified atom stereocenters. The number of hydrogen-bond acceptors (Lipinski definition) is 11. The molecule has 2 aromatic heterocycles. The monoisotopic (exact) mass is 909 g/mol. The highest BCUT2D eigenvalue weighted by molar-refractivity contribution is 7.90. The Hall–Kier alpha value is -6.17. The summed E-state index contributed by atoms with van der Waals surface area (Å²) in [4.78, 5) is 48.9. The lowest BCUT2D eigenvalue weighted by molar-refractivity contribution is -0.120. The Morgan fingerprint density at radius 1 is 0.954 bits per heavy atom. The molecule has 5 fully saturated rings. The van der Waals surface area contributed by atoms with E-state index in [4.69, 9.17) is 4.74 Å². The molecular weight excluding hydrogens is 861 g/mol. The van der Waals surface area contributed by atoms with E-state index < -0.39 is 27.8 Å². The first-order valence-corrected chi connectivity index (χ1v) is 23.4. The van der Waals surface area contributed by atoms with Crippen LogP contribution in [0.1, 0.15) is 69.9 Å². The molecule has 2 spiro atoms. The molecule has 5 heterocycles. The second-order valence-electron chi connectivity index (χ2n) is 18.5. The third kappa shape index (κ3) is 7.42. The van der Waals surface area contributed by atoms with E-state index in [-0.39, 0.29) is 76.1 Å². The lowest BCUT2D eigenvalue weighted by atomic mass is 9.59. The number of aryl methyl sites for hydroxylation is 1. The number of fused-ring (bicyclic) bond motifs is 2. The Labute approximate surface area is 373 Å². The van der Waals surface area contributed by atoms with E-state index >= 15 is 8.78 Å². The lowest BCUT2D eigenvalue weighted by Crippen LogP contribution is -2.55. The first-order chi connectivity index (χ1) is 31.1. The highest BCUT2D eigenvalue weighted by Crippen LogP contribution is 2.58. The minimum atomic E-state index is -4.01. The summed E-state index contributed by atoms with van der Waals surface area (Å²) in [6.07, 6.45) is 8.68. The van der Waals surface area contributed by atoms with Crippen LogP contribution in [0.25, 0.3) is 21.8 Å². The van der Waals surface area contributed by atoms with Crippen molar-refractivity contribution < 1.29 is 31.5 Å². The van der Waals surface area contributed by atoms with Crippen LogP contribution in [0.15, 0.2) is 53.6 Å². The maximum atomic E-state index is 15.8. The van der Waals surface area contributed by atoms with Crippen LogP contribution in [-0.2, 0) is 22.1 Å². The molecule has 2 aliphatic carbocycles. The minimum absolute atomic E-state index is 0.0259. The average molecular weight is 910 g/mol. The van der Waals surface area contributed by atoms with Crippen molar-refractivity contribution in [3.63, 3.8) is 0 Å². The van der Waals surface area contributed by atoms with Crippen molar-refractivity contribution in [1.29, 1.82) is 5.26 Å². The van der Waals surface area contributed by atoms with Crippen LogP contribution < -0.4 is 30.1 Å². The molecule has 3 amide bonds. The number of piperidine rings is 1. The molecule has 3 saturated heterocycles. The second kappa shape index (κ2) is 15.8. The number of carbonyl (C=O) groups is 2. The summed E-state index contributed by atoms with van der Waals surface area (Å²) in [5.41, 5.74) is 1.31. The number of likely N-dealkylation sites (tertiary alicyclic amines) is 1. The summed E-state index contributed by atoms with van der Waals surface area (Å²) >= 11 is 0. The smallest absolute Gasteiger partial charge is 0.329 e. The van der Waals surface area contributed by atoms with E-state index in [0.29, 0.717) is 34.0 Å². The number of halogens is 2. The molecule has 3 aliphatic heterocycles. The van der Waals surface area contributed by atoms with Crippen LogP contribution in [0.3, 0.4) is 0 Å². The molecule has 0 bridgehead atoms. The van der Waals surface area contributed by atoms with Gasteiger partial charge in [0.05, 0.1) is 34.1 Å². The van der Waals surface area contributed by atoms with Gasteiger partial charge in [-0.2, -0.15) is 23.1 Å². The molecule has 3 aromatic carbocycles. The van der Waals surface area contributed by atoms with Gasteiger partial charge in [0.15, 0.2) is 17.4 Å². The highest BCUT2D eigenvalue weighted by Gasteiger charge is 2.54. The van der Waals surface area contributed by atoms with Gasteiger partial charge in [0, 0.05) is 70.7 Å². The third-order valence-corrected chi connectivity index (χ3v) is 16.3. The molecule has 0 atom stereocenters. The molecule has 17 nitrogen and oxygen atoms in total. The minimum Gasteiger partial charge on any atom is -0.453 e. The van der Waals surface area contributed by atoms with Gasteiger partial charge in [-0.25, -0.2) is 18.6 Å². The third-order valence-electron chi connectivity index (χ3n) is 14.7. The van der Waals surface area contributed by atoms with Crippen LogP contribution in [0.5, 0.6) is 11.5 Å². The Morgan fingerprint density at radius 2 is 1.69 bits per heavy atom. The van der Waals surface area contributed by atoms with Crippen molar-refractivity contribution in [1.82, 2.24) is 33.9 Å². The van der Waals surface area contributed by atoms with E-state index in [1.807, 2.05) is 12.1 Å². The number of rotatable bonds is 10. The summed E-state index contributed by atoms with van der Waals surface area (Å²) in [6, 6.07) is 11.8. The number of imide groups is 1. The van der Waals surface area contributed by atoms with Crippen LogP contribution >= 0.6 is 0 Å². The van der Waals surface area contributed by atoms with Crippen molar-refractivity contribution >= 4 is 61.1 Å². The zero-order valence-corrected chi connectivity index (χ0v) is 37.1. The van der Waals surface area contributed by atoms with Gasteiger partial charge in [0.1, 0.15) is 23.2 Å². The molecule has 20 heteroatoms. The number of hydrogen-bond donors (Lipinski definition) is 2. The summed E-state index contributed by atoms with van der Waals surface area (Å²) in [5.74, 6) is -1.62. The van der Waals surface area contributed by atoms with Crippen molar-refractivity contribution in [3.8, 4) is 17.6 Å². The molecule has 0 radical (unpaired) electrons. The molecule has 2 saturated carbocycles. The molecule has 65 heavy (non-hydrogen) atoms. The summed E-state index contributed by atoms with van der Waals surface area (Å²) in [7, 11) is -0.869. The van der Waals surface area contributed by atoms with Crippen molar-refractivity contribution in [2.75, 3.05) is 60.8 Å². The van der Waals surface area contributed by atoms with E-state index in [2.05, 4.69) is 29.9 Å². The molecule has 2 N–H and O–H groups in total. The molecule has 5 aliphatic rings.